The highest BCUT2D eigenvalue weighted by Gasteiger charge is 2.05. The van der Waals surface area contributed by atoms with Crippen molar-refractivity contribution in [2.75, 3.05) is 18.0 Å². The van der Waals surface area contributed by atoms with Crippen LogP contribution in [-0.2, 0) is 0 Å². The Labute approximate surface area is 85.9 Å². The second-order valence-electron chi connectivity index (χ2n) is 3.41. The van der Waals surface area contributed by atoms with Crippen molar-refractivity contribution >= 4 is 5.82 Å². The van der Waals surface area contributed by atoms with Gasteiger partial charge in [-0.05, 0) is 38.5 Å². The van der Waals surface area contributed by atoms with Crippen LogP contribution in [0.15, 0.2) is 18.3 Å². The molecule has 0 aliphatic rings. The van der Waals surface area contributed by atoms with Gasteiger partial charge in [-0.15, -0.1) is 0 Å². The van der Waals surface area contributed by atoms with Crippen molar-refractivity contribution in [3.05, 3.63) is 23.9 Å². The van der Waals surface area contributed by atoms with Gasteiger partial charge in [0.25, 0.3) is 0 Å². The lowest BCUT2D eigenvalue weighted by atomic mass is 10.1. The summed E-state index contributed by atoms with van der Waals surface area (Å²) in [6, 6.07) is 4.11. The predicted octanol–water partition coefficient (Wildman–Crippen LogP) is 1.95. The Balaban J connectivity index is 2.92. The van der Waals surface area contributed by atoms with Crippen LogP contribution in [0.1, 0.15) is 32.4 Å². The molecule has 0 aromatic carbocycles. The quantitative estimate of drug-likeness (QED) is 0.794. The van der Waals surface area contributed by atoms with Crippen molar-refractivity contribution in [1.29, 1.82) is 0 Å². The van der Waals surface area contributed by atoms with Crippen LogP contribution in [0.3, 0.4) is 0 Å². The fraction of sp³-hybridized carbons (Fsp3) is 0.545. The van der Waals surface area contributed by atoms with Gasteiger partial charge in [-0.25, -0.2) is 4.98 Å². The Morgan fingerprint density at radius 3 is 2.57 bits per heavy atom. The third-order valence-electron chi connectivity index (χ3n) is 2.38. The summed E-state index contributed by atoms with van der Waals surface area (Å²) in [4.78, 5) is 6.55. The van der Waals surface area contributed by atoms with E-state index in [1.165, 1.54) is 0 Å². The zero-order valence-corrected chi connectivity index (χ0v) is 9.20. The van der Waals surface area contributed by atoms with Crippen LogP contribution in [0.2, 0.25) is 0 Å². The number of anilines is 1. The van der Waals surface area contributed by atoms with E-state index in [1.807, 2.05) is 19.2 Å². The van der Waals surface area contributed by atoms with Gasteiger partial charge in [0.05, 0.1) is 0 Å². The molecule has 3 heteroatoms. The first-order valence-electron chi connectivity index (χ1n) is 5.15. The van der Waals surface area contributed by atoms with Gasteiger partial charge in [-0.3, -0.25) is 0 Å². The van der Waals surface area contributed by atoms with E-state index in [0.717, 1.165) is 24.5 Å². The maximum atomic E-state index is 5.82. The lowest BCUT2D eigenvalue weighted by Crippen LogP contribution is -2.23. The van der Waals surface area contributed by atoms with E-state index in [1.54, 1.807) is 0 Å². The molecular weight excluding hydrogens is 174 g/mol. The van der Waals surface area contributed by atoms with Gasteiger partial charge in [0, 0.05) is 25.3 Å². The molecule has 0 saturated carbocycles. The van der Waals surface area contributed by atoms with Crippen LogP contribution in [0.4, 0.5) is 5.82 Å². The molecule has 1 unspecified atom stereocenters. The molecule has 1 aromatic rings. The summed E-state index contributed by atoms with van der Waals surface area (Å²) in [6.07, 6.45) is 1.83. The van der Waals surface area contributed by atoms with Crippen LogP contribution in [-0.4, -0.2) is 18.1 Å². The maximum Gasteiger partial charge on any atom is 0.128 e. The Morgan fingerprint density at radius 2 is 2.07 bits per heavy atom. The topological polar surface area (TPSA) is 42.1 Å². The summed E-state index contributed by atoms with van der Waals surface area (Å²) < 4.78 is 0. The van der Waals surface area contributed by atoms with Gasteiger partial charge < -0.3 is 10.6 Å². The molecule has 0 aliphatic heterocycles. The highest BCUT2D eigenvalue weighted by atomic mass is 15.2. The fourth-order valence-electron chi connectivity index (χ4n) is 1.44. The average Bonchev–Trinajstić information content (AvgIpc) is 2.20. The van der Waals surface area contributed by atoms with Crippen molar-refractivity contribution in [1.82, 2.24) is 4.98 Å². The molecule has 14 heavy (non-hydrogen) atoms. The number of hydrogen-bond donors (Lipinski definition) is 1. The lowest BCUT2D eigenvalue weighted by Gasteiger charge is -2.20. The molecule has 0 aliphatic carbocycles. The fourth-order valence-corrected chi connectivity index (χ4v) is 1.44. The van der Waals surface area contributed by atoms with Crippen LogP contribution in [0.5, 0.6) is 0 Å². The van der Waals surface area contributed by atoms with E-state index < -0.39 is 0 Å². The Morgan fingerprint density at radius 1 is 1.43 bits per heavy atom. The number of pyridine rings is 1. The van der Waals surface area contributed by atoms with Gasteiger partial charge >= 0.3 is 0 Å². The van der Waals surface area contributed by atoms with Crippen LogP contribution in [0.25, 0.3) is 0 Å². The normalized spacial score (nSPS) is 12.6. The molecule has 1 atom stereocenters. The van der Waals surface area contributed by atoms with E-state index >= 15 is 0 Å². The van der Waals surface area contributed by atoms with E-state index in [4.69, 9.17) is 5.73 Å². The van der Waals surface area contributed by atoms with Crippen molar-refractivity contribution in [3.8, 4) is 0 Å². The van der Waals surface area contributed by atoms with Crippen LogP contribution >= 0.6 is 0 Å². The zero-order chi connectivity index (χ0) is 10.6. The largest absolute Gasteiger partial charge is 0.357 e. The van der Waals surface area contributed by atoms with Crippen molar-refractivity contribution in [2.24, 2.45) is 5.73 Å². The smallest absolute Gasteiger partial charge is 0.128 e. The maximum absolute atomic E-state index is 5.82. The van der Waals surface area contributed by atoms with Crippen LogP contribution < -0.4 is 10.6 Å². The average molecular weight is 193 g/mol. The summed E-state index contributed by atoms with van der Waals surface area (Å²) in [5, 5.41) is 0. The second kappa shape index (κ2) is 4.96. The third kappa shape index (κ3) is 2.45. The van der Waals surface area contributed by atoms with Crippen molar-refractivity contribution in [2.45, 2.75) is 26.8 Å². The molecule has 0 radical (unpaired) electrons. The first kappa shape index (κ1) is 11.0. The summed E-state index contributed by atoms with van der Waals surface area (Å²) in [6.45, 7) is 8.20. The number of nitrogens with zero attached hydrogens (tertiary/aromatic N) is 2. The van der Waals surface area contributed by atoms with Gasteiger partial charge in [0.2, 0.25) is 0 Å². The van der Waals surface area contributed by atoms with Gasteiger partial charge in [-0.2, -0.15) is 0 Å². The number of hydrogen-bond acceptors (Lipinski definition) is 3. The molecule has 0 spiro atoms. The molecule has 0 fully saturated rings. The molecule has 0 amide bonds. The Bertz CT molecular complexity index is 280. The van der Waals surface area contributed by atoms with Crippen molar-refractivity contribution in [3.63, 3.8) is 0 Å². The molecule has 0 bridgehead atoms. The molecule has 1 aromatic heterocycles. The number of nitrogens with two attached hydrogens (primary N) is 1. The Hall–Kier alpha value is -1.09. The standard InChI is InChI=1S/C11H19N3/c1-4-14(5-2)11-8-10(9(3)12)6-7-13-11/h6-9H,4-5,12H2,1-3H3. The molecule has 1 rings (SSSR count). The molecule has 78 valence electrons. The predicted molar refractivity (Wildman–Crippen MR) is 60.4 cm³/mol. The Kier molecular flexibility index (Phi) is 3.89. The minimum atomic E-state index is 0.0762. The van der Waals surface area contributed by atoms with Gasteiger partial charge in [-0.1, -0.05) is 0 Å². The number of aromatic nitrogens is 1. The van der Waals surface area contributed by atoms with Gasteiger partial charge in [0.15, 0.2) is 0 Å². The first-order valence-corrected chi connectivity index (χ1v) is 5.15. The molecule has 1 heterocycles. The highest BCUT2D eigenvalue weighted by Crippen LogP contribution is 2.16. The van der Waals surface area contributed by atoms with E-state index in [-0.39, 0.29) is 6.04 Å². The minimum absolute atomic E-state index is 0.0762. The molecule has 2 N–H and O–H groups in total. The molecule has 3 nitrogen and oxygen atoms in total. The second-order valence-corrected chi connectivity index (χ2v) is 3.41. The first-order chi connectivity index (χ1) is 6.69. The number of rotatable bonds is 4. The molecular formula is C11H19N3. The molecule has 0 saturated heterocycles. The SMILES string of the molecule is CCN(CC)c1cc(C(C)N)ccn1. The minimum Gasteiger partial charge on any atom is -0.357 e. The summed E-state index contributed by atoms with van der Waals surface area (Å²) in [5.41, 5.74) is 6.96. The summed E-state index contributed by atoms with van der Waals surface area (Å²) in [7, 11) is 0. The van der Waals surface area contributed by atoms with Crippen molar-refractivity contribution < 1.29 is 0 Å². The third-order valence-corrected chi connectivity index (χ3v) is 2.38. The zero-order valence-electron chi connectivity index (χ0n) is 9.20. The lowest BCUT2D eigenvalue weighted by molar-refractivity contribution is 0.802. The van der Waals surface area contributed by atoms with E-state index in [9.17, 15) is 0 Å². The summed E-state index contributed by atoms with van der Waals surface area (Å²) in [5.74, 6) is 1.02. The van der Waals surface area contributed by atoms with Gasteiger partial charge in [0.1, 0.15) is 5.82 Å². The van der Waals surface area contributed by atoms with E-state index in [2.05, 4.69) is 29.8 Å². The highest BCUT2D eigenvalue weighted by molar-refractivity contribution is 5.41. The van der Waals surface area contributed by atoms with Crippen LogP contribution in [0, 0.1) is 0 Å². The summed E-state index contributed by atoms with van der Waals surface area (Å²) >= 11 is 0. The monoisotopic (exact) mass is 193 g/mol. The van der Waals surface area contributed by atoms with E-state index in [0.29, 0.717) is 0 Å².